The molecule has 2 aromatic rings. The van der Waals surface area contributed by atoms with Gasteiger partial charge in [0.05, 0.1) is 0 Å². The van der Waals surface area contributed by atoms with Gasteiger partial charge in [-0.3, -0.25) is 4.79 Å². The molecule has 39 heavy (non-hydrogen) atoms. The molecule has 0 radical (unpaired) electrons. The fraction of sp³-hybridized carbons (Fsp3) is 0.448. The molecule has 2 unspecified atom stereocenters. The minimum atomic E-state index is -1.15. The Balaban J connectivity index is 2.02. The maximum Gasteiger partial charge on any atom is 0.408 e. The number of aromatic hydroxyl groups is 1. The highest BCUT2D eigenvalue weighted by molar-refractivity contribution is 5.94. The van der Waals surface area contributed by atoms with E-state index >= 15 is 0 Å². The first-order valence-corrected chi connectivity index (χ1v) is 13.0. The Hall–Kier alpha value is -3.92. The monoisotopic (exact) mass is 541 g/mol. The molecule has 0 spiro atoms. The Bertz CT molecular complexity index is 1110. The third kappa shape index (κ3) is 11.6. The highest BCUT2D eigenvalue weighted by Crippen LogP contribution is 2.14. The van der Waals surface area contributed by atoms with Gasteiger partial charge in [-0.1, -0.05) is 70.2 Å². The number of phenols is 1. The normalized spacial score (nSPS) is 13.3. The number of benzene rings is 2. The van der Waals surface area contributed by atoms with E-state index in [0.717, 1.165) is 5.56 Å². The lowest BCUT2D eigenvalue weighted by Gasteiger charge is -2.24. The van der Waals surface area contributed by atoms with Gasteiger partial charge >= 0.3 is 18.0 Å². The van der Waals surface area contributed by atoms with Crippen LogP contribution in [0.4, 0.5) is 4.79 Å². The molecular weight excluding hydrogens is 502 g/mol. The number of phenolic OH excluding ortho intramolecular Hbond substituents is 1. The summed E-state index contributed by atoms with van der Waals surface area (Å²) >= 11 is 0. The lowest BCUT2D eigenvalue weighted by atomic mass is 10.0. The molecule has 0 heterocycles. The Morgan fingerprint density at radius 1 is 0.821 bits per heavy atom. The summed E-state index contributed by atoms with van der Waals surface area (Å²) in [6, 6.07) is 12.1. The molecule has 0 aromatic heterocycles. The van der Waals surface area contributed by atoms with Crippen molar-refractivity contribution in [1.29, 1.82) is 0 Å². The molecule has 10 nitrogen and oxygen atoms in total. The number of nitrogens with one attached hydrogen (secondary N) is 2. The van der Waals surface area contributed by atoms with Gasteiger partial charge in [-0.25, -0.2) is 14.4 Å². The minimum absolute atomic E-state index is 0.0220. The molecule has 3 atom stereocenters. The third-order valence-electron chi connectivity index (χ3n) is 5.71. The summed E-state index contributed by atoms with van der Waals surface area (Å²) in [6.45, 7) is 7.53. The van der Waals surface area contributed by atoms with Crippen molar-refractivity contribution in [3.8, 4) is 5.75 Å². The number of amides is 2. The van der Waals surface area contributed by atoms with Crippen LogP contribution in [0.2, 0.25) is 0 Å². The standard InChI is InChI=1S/C29H39N3O7/c1-18(2)13-24(32-29(37)38-17-20-9-6-5-7-10-20)26(34)31-25(14-19(3)4)28(36)39-27(35)23(30)16-21-11-8-12-22(33)15-21/h5-12,15,18-19,23-25,33H,13-14,16-17,30H2,1-4H3,(H,31,34)(H,32,37)/t23?,24-,25?/m1/s1. The number of hydrogen-bond donors (Lipinski definition) is 4. The fourth-order valence-corrected chi connectivity index (χ4v) is 3.83. The molecule has 0 aliphatic heterocycles. The topological polar surface area (TPSA) is 157 Å². The number of nitrogens with two attached hydrogens (primary N) is 1. The number of rotatable bonds is 13. The van der Waals surface area contributed by atoms with Gasteiger partial charge in [-0.2, -0.15) is 0 Å². The molecule has 0 saturated heterocycles. The van der Waals surface area contributed by atoms with Gasteiger partial charge in [0.15, 0.2) is 0 Å². The van der Waals surface area contributed by atoms with Crippen molar-refractivity contribution in [3.63, 3.8) is 0 Å². The molecule has 0 fully saturated rings. The lowest BCUT2D eigenvalue weighted by molar-refractivity contribution is -0.163. The number of alkyl carbamates (subject to hydrolysis) is 1. The summed E-state index contributed by atoms with van der Waals surface area (Å²) in [4.78, 5) is 51.0. The van der Waals surface area contributed by atoms with Crippen LogP contribution in [-0.2, 0) is 36.9 Å². The first-order valence-electron chi connectivity index (χ1n) is 13.0. The Morgan fingerprint density at radius 3 is 2.05 bits per heavy atom. The number of carbonyl (C=O) groups is 4. The van der Waals surface area contributed by atoms with E-state index in [-0.39, 0.29) is 37.0 Å². The van der Waals surface area contributed by atoms with E-state index in [0.29, 0.717) is 12.0 Å². The summed E-state index contributed by atoms with van der Waals surface area (Å²) in [7, 11) is 0. The van der Waals surface area contributed by atoms with Gasteiger partial charge in [-0.15, -0.1) is 0 Å². The molecule has 0 saturated carbocycles. The fourth-order valence-electron chi connectivity index (χ4n) is 3.83. The Kier molecular flexibility index (Phi) is 12.4. The zero-order chi connectivity index (χ0) is 28.9. The average molecular weight is 542 g/mol. The molecule has 2 rings (SSSR count). The van der Waals surface area contributed by atoms with Crippen LogP contribution >= 0.6 is 0 Å². The van der Waals surface area contributed by atoms with Gasteiger partial charge in [0.1, 0.15) is 30.5 Å². The SMILES string of the molecule is CC(C)CC(NC(=O)[C@@H](CC(C)C)NC(=O)OCc1ccccc1)C(=O)OC(=O)C(N)Cc1cccc(O)c1. The predicted octanol–water partition coefficient (Wildman–Crippen LogP) is 3.20. The van der Waals surface area contributed by atoms with E-state index in [9.17, 15) is 24.3 Å². The van der Waals surface area contributed by atoms with Crippen molar-refractivity contribution in [2.75, 3.05) is 0 Å². The third-order valence-corrected chi connectivity index (χ3v) is 5.71. The molecule has 0 aliphatic rings. The zero-order valence-corrected chi connectivity index (χ0v) is 22.9. The highest BCUT2D eigenvalue weighted by Gasteiger charge is 2.31. The quantitative estimate of drug-likeness (QED) is 0.222. The van der Waals surface area contributed by atoms with E-state index in [1.807, 2.05) is 58.0 Å². The zero-order valence-electron chi connectivity index (χ0n) is 22.9. The van der Waals surface area contributed by atoms with Gasteiger partial charge in [0.2, 0.25) is 5.91 Å². The van der Waals surface area contributed by atoms with Crippen molar-refractivity contribution >= 4 is 23.9 Å². The minimum Gasteiger partial charge on any atom is -0.508 e. The van der Waals surface area contributed by atoms with Crippen molar-refractivity contribution in [1.82, 2.24) is 10.6 Å². The summed E-state index contributed by atoms with van der Waals surface area (Å²) in [5.41, 5.74) is 7.31. The maximum absolute atomic E-state index is 13.2. The molecule has 0 aliphatic carbocycles. The van der Waals surface area contributed by atoms with Gasteiger partial charge < -0.3 is 30.9 Å². The summed E-state index contributed by atoms with van der Waals surface area (Å²) in [6.07, 6.45) is -0.223. The number of carbonyl (C=O) groups excluding carboxylic acids is 4. The summed E-state index contributed by atoms with van der Waals surface area (Å²) in [5.74, 6) is -2.44. The van der Waals surface area contributed by atoms with Gasteiger partial charge in [0, 0.05) is 0 Å². The van der Waals surface area contributed by atoms with E-state index in [1.165, 1.54) is 12.1 Å². The van der Waals surface area contributed by atoms with Crippen molar-refractivity contribution in [2.24, 2.45) is 17.6 Å². The van der Waals surface area contributed by atoms with Crippen molar-refractivity contribution in [2.45, 2.75) is 71.7 Å². The van der Waals surface area contributed by atoms with Crippen molar-refractivity contribution in [3.05, 3.63) is 65.7 Å². The summed E-state index contributed by atoms with van der Waals surface area (Å²) in [5, 5.41) is 14.8. The first kappa shape index (κ1) is 31.3. The number of ether oxygens (including phenoxy) is 2. The first-order chi connectivity index (χ1) is 18.4. The van der Waals surface area contributed by atoms with E-state index < -0.39 is 42.1 Å². The van der Waals surface area contributed by atoms with E-state index in [2.05, 4.69) is 10.6 Å². The smallest absolute Gasteiger partial charge is 0.408 e. The van der Waals surface area contributed by atoms with Crippen LogP contribution in [0, 0.1) is 11.8 Å². The maximum atomic E-state index is 13.2. The van der Waals surface area contributed by atoms with E-state index in [1.54, 1.807) is 12.1 Å². The molecular formula is C29H39N3O7. The number of esters is 2. The van der Waals surface area contributed by atoms with Crippen LogP contribution in [0.25, 0.3) is 0 Å². The Morgan fingerprint density at radius 2 is 1.44 bits per heavy atom. The van der Waals surface area contributed by atoms with Crippen LogP contribution < -0.4 is 16.4 Å². The molecule has 10 heteroatoms. The lowest BCUT2D eigenvalue weighted by Crippen LogP contribution is -2.53. The molecule has 2 amide bonds. The van der Waals surface area contributed by atoms with Crippen LogP contribution in [0.15, 0.2) is 54.6 Å². The summed E-state index contributed by atoms with van der Waals surface area (Å²) < 4.78 is 10.3. The second-order valence-corrected chi connectivity index (χ2v) is 10.3. The second-order valence-electron chi connectivity index (χ2n) is 10.3. The molecule has 212 valence electrons. The molecule has 5 N–H and O–H groups in total. The average Bonchev–Trinajstić information content (AvgIpc) is 2.86. The second kappa shape index (κ2) is 15.5. The van der Waals surface area contributed by atoms with Crippen LogP contribution in [-0.4, -0.2) is 47.2 Å². The van der Waals surface area contributed by atoms with Gasteiger partial charge in [0.25, 0.3) is 0 Å². The number of hydrogen-bond acceptors (Lipinski definition) is 8. The van der Waals surface area contributed by atoms with Gasteiger partial charge in [-0.05, 0) is 54.4 Å². The van der Waals surface area contributed by atoms with Crippen molar-refractivity contribution < 1.29 is 33.8 Å². The largest absolute Gasteiger partial charge is 0.508 e. The van der Waals surface area contributed by atoms with E-state index in [4.69, 9.17) is 15.2 Å². The predicted molar refractivity (Wildman–Crippen MR) is 145 cm³/mol. The molecule has 0 bridgehead atoms. The molecule has 2 aromatic carbocycles. The van der Waals surface area contributed by atoms with Crippen LogP contribution in [0.1, 0.15) is 51.7 Å². The van der Waals surface area contributed by atoms with Crippen LogP contribution in [0.5, 0.6) is 5.75 Å². The highest BCUT2D eigenvalue weighted by atomic mass is 16.6. The van der Waals surface area contributed by atoms with Crippen LogP contribution in [0.3, 0.4) is 0 Å². The Labute approximate surface area is 229 Å².